The molecular weight excluding hydrogens is 324 g/mol. The van der Waals surface area contributed by atoms with Gasteiger partial charge in [0.15, 0.2) is 0 Å². The van der Waals surface area contributed by atoms with Crippen LogP contribution < -0.4 is 0 Å². The molecule has 0 unspecified atom stereocenters. The molecule has 2 aromatic carbocycles. The molecule has 1 heterocycles. The Morgan fingerprint density at radius 2 is 1.72 bits per heavy atom. The minimum absolute atomic E-state index is 0.127. The summed E-state index contributed by atoms with van der Waals surface area (Å²) in [5.41, 5.74) is 1.38. The zero-order chi connectivity index (χ0) is 17.8. The SMILES string of the molecule is N#Cc1ccc(F)c(CN2CCN(C(=O)c3ccc(F)cc3)CC2)c1. The normalized spacial score (nSPS) is 15.0. The van der Waals surface area contributed by atoms with Gasteiger partial charge in [0.05, 0.1) is 11.6 Å². The van der Waals surface area contributed by atoms with E-state index in [-0.39, 0.29) is 17.5 Å². The minimum atomic E-state index is -0.372. The first-order chi connectivity index (χ1) is 12.1. The Kier molecular flexibility index (Phi) is 5.05. The molecule has 128 valence electrons. The van der Waals surface area contributed by atoms with Gasteiger partial charge in [0.25, 0.3) is 5.91 Å². The average molecular weight is 341 g/mol. The highest BCUT2D eigenvalue weighted by atomic mass is 19.1. The standard InChI is InChI=1S/C19H17F2N3O/c20-17-4-2-15(3-5-17)19(25)24-9-7-23(8-10-24)13-16-11-14(12-22)1-6-18(16)21/h1-6,11H,7-10,13H2. The van der Waals surface area contributed by atoms with E-state index in [0.29, 0.717) is 49.4 Å². The second-order valence-electron chi connectivity index (χ2n) is 5.99. The van der Waals surface area contributed by atoms with Gasteiger partial charge in [-0.05, 0) is 42.5 Å². The van der Waals surface area contributed by atoms with Crippen molar-refractivity contribution in [3.05, 3.63) is 70.8 Å². The maximum Gasteiger partial charge on any atom is 0.253 e. The van der Waals surface area contributed by atoms with Gasteiger partial charge in [-0.1, -0.05) is 0 Å². The highest BCUT2D eigenvalue weighted by Crippen LogP contribution is 2.15. The predicted octanol–water partition coefficient (Wildman–Crippen LogP) is 2.79. The van der Waals surface area contributed by atoms with Gasteiger partial charge in [-0.15, -0.1) is 0 Å². The number of halogens is 2. The molecule has 6 heteroatoms. The van der Waals surface area contributed by atoms with Gasteiger partial charge in [-0.25, -0.2) is 8.78 Å². The van der Waals surface area contributed by atoms with Crippen molar-refractivity contribution in [3.8, 4) is 6.07 Å². The second kappa shape index (κ2) is 7.41. The lowest BCUT2D eigenvalue weighted by atomic mass is 10.1. The molecule has 0 saturated carbocycles. The fourth-order valence-corrected chi connectivity index (χ4v) is 2.89. The summed E-state index contributed by atoms with van der Waals surface area (Å²) < 4.78 is 26.8. The van der Waals surface area contributed by atoms with Crippen LogP contribution in [0.25, 0.3) is 0 Å². The summed E-state index contributed by atoms with van der Waals surface area (Å²) in [7, 11) is 0. The van der Waals surface area contributed by atoms with Gasteiger partial charge in [0, 0.05) is 43.9 Å². The Morgan fingerprint density at radius 3 is 2.36 bits per heavy atom. The van der Waals surface area contributed by atoms with Crippen LogP contribution in [0.2, 0.25) is 0 Å². The Labute approximate surface area is 144 Å². The summed E-state index contributed by atoms with van der Waals surface area (Å²) in [6.07, 6.45) is 0. The van der Waals surface area contributed by atoms with E-state index in [1.54, 1.807) is 11.0 Å². The van der Waals surface area contributed by atoms with Crippen molar-refractivity contribution >= 4 is 5.91 Å². The summed E-state index contributed by atoms with van der Waals surface area (Å²) in [5, 5.41) is 8.93. The number of carbonyl (C=O) groups excluding carboxylic acids is 1. The minimum Gasteiger partial charge on any atom is -0.336 e. The van der Waals surface area contributed by atoms with Crippen LogP contribution in [0.15, 0.2) is 42.5 Å². The van der Waals surface area contributed by atoms with Crippen molar-refractivity contribution in [2.75, 3.05) is 26.2 Å². The molecule has 0 atom stereocenters. The molecule has 1 amide bonds. The van der Waals surface area contributed by atoms with E-state index in [1.165, 1.54) is 36.4 Å². The molecule has 0 aromatic heterocycles. The topological polar surface area (TPSA) is 47.3 Å². The Bertz CT molecular complexity index is 806. The largest absolute Gasteiger partial charge is 0.336 e. The third-order valence-electron chi connectivity index (χ3n) is 4.32. The van der Waals surface area contributed by atoms with Crippen LogP contribution >= 0.6 is 0 Å². The molecule has 4 nitrogen and oxygen atoms in total. The molecule has 0 spiro atoms. The predicted molar refractivity (Wildman–Crippen MR) is 88.7 cm³/mol. The third-order valence-corrected chi connectivity index (χ3v) is 4.32. The van der Waals surface area contributed by atoms with Crippen LogP contribution in [0, 0.1) is 23.0 Å². The number of benzene rings is 2. The summed E-state index contributed by atoms with van der Waals surface area (Å²) in [6.45, 7) is 2.68. The van der Waals surface area contributed by atoms with E-state index < -0.39 is 0 Å². The summed E-state index contributed by atoms with van der Waals surface area (Å²) in [5.74, 6) is -0.830. The highest BCUT2D eigenvalue weighted by molar-refractivity contribution is 5.94. The van der Waals surface area contributed by atoms with E-state index in [9.17, 15) is 13.6 Å². The van der Waals surface area contributed by atoms with Crippen molar-refractivity contribution in [1.29, 1.82) is 5.26 Å². The Balaban J connectivity index is 1.59. The number of nitriles is 1. The van der Waals surface area contributed by atoms with Crippen LogP contribution in [0.4, 0.5) is 8.78 Å². The second-order valence-corrected chi connectivity index (χ2v) is 5.99. The number of carbonyl (C=O) groups is 1. The maximum atomic E-state index is 13.9. The maximum absolute atomic E-state index is 13.9. The number of nitrogens with zero attached hydrogens (tertiary/aromatic N) is 3. The number of rotatable bonds is 3. The average Bonchev–Trinajstić information content (AvgIpc) is 2.64. The molecule has 3 rings (SSSR count). The van der Waals surface area contributed by atoms with Gasteiger partial charge in [-0.3, -0.25) is 9.69 Å². The first-order valence-corrected chi connectivity index (χ1v) is 8.02. The zero-order valence-electron chi connectivity index (χ0n) is 13.6. The van der Waals surface area contributed by atoms with Crippen molar-refractivity contribution in [1.82, 2.24) is 9.80 Å². The van der Waals surface area contributed by atoms with Gasteiger partial charge < -0.3 is 4.90 Å². The lowest BCUT2D eigenvalue weighted by Crippen LogP contribution is -2.48. The third kappa shape index (κ3) is 4.01. The number of piperazine rings is 1. The van der Waals surface area contributed by atoms with E-state index in [0.717, 1.165) is 0 Å². The molecule has 1 aliphatic heterocycles. The number of amides is 1. The van der Waals surface area contributed by atoms with E-state index in [2.05, 4.69) is 0 Å². The van der Waals surface area contributed by atoms with Crippen LogP contribution in [-0.2, 0) is 6.54 Å². The van der Waals surface area contributed by atoms with Crippen LogP contribution in [0.3, 0.4) is 0 Å². The fraction of sp³-hybridized carbons (Fsp3) is 0.263. The molecule has 1 fully saturated rings. The Morgan fingerprint density at radius 1 is 1.04 bits per heavy atom. The van der Waals surface area contributed by atoms with Gasteiger partial charge in [0.2, 0.25) is 0 Å². The molecule has 1 saturated heterocycles. The number of hydrogen-bond donors (Lipinski definition) is 0. The quantitative estimate of drug-likeness (QED) is 0.862. The van der Waals surface area contributed by atoms with Crippen molar-refractivity contribution < 1.29 is 13.6 Å². The van der Waals surface area contributed by atoms with E-state index in [1.807, 2.05) is 11.0 Å². The molecule has 0 bridgehead atoms. The first-order valence-electron chi connectivity index (χ1n) is 8.02. The van der Waals surface area contributed by atoms with Crippen molar-refractivity contribution in [3.63, 3.8) is 0 Å². The molecule has 0 N–H and O–H groups in total. The fourth-order valence-electron chi connectivity index (χ4n) is 2.89. The molecular formula is C19H17F2N3O. The van der Waals surface area contributed by atoms with Crippen LogP contribution in [-0.4, -0.2) is 41.9 Å². The molecule has 0 radical (unpaired) electrons. The first kappa shape index (κ1) is 17.1. The smallest absolute Gasteiger partial charge is 0.253 e. The van der Waals surface area contributed by atoms with Crippen molar-refractivity contribution in [2.45, 2.75) is 6.54 Å². The van der Waals surface area contributed by atoms with E-state index >= 15 is 0 Å². The van der Waals surface area contributed by atoms with E-state index in [4.69, 9.17) is 5.26 Å². The van der Waals surface area contributed by atoms with Gasteiger partial charge in [0.1, 0.15) is 11.6 Å². The van der Waals surface area contributed by atoms with Crippen LogP contribution in [0.1, 0.15) is 21.5 Å². The lowest BCUT2D eigenvalue weighted by Gasteiger charge is -2.34. The molecule has 25 heavy (non-hydrogen) atoms. The monoisotopic (exact) mass is 341 g/mol. The summed E-state index contributed by atoms with van der Waals surface area (Å²) in [4.78, 5) is 16.2. The van der Waals surface area contributed by atoms with Crippen molar-refractivity contribution in [2.24, 2.45) is 0 Å². The number of hydrogen-bond acceptors (Lipinski definition) is 3. The zero-order valence-corrected chi connectivity index (χ0v) is 13.6. The molecule has 2 aromatic rings. The highest BCUT2D eigenvalue weighted by Gasteiger charge is 2.22. The summed E-state index contributed by atoms with van der Waals surface area (Å²) >= 11 is 0. The molecule has 0 aliphatic carbocycles. The Hall–Kier alpha value is -2.78. The lowest BCUT2D eigenvalue weighted by molar-refractivity contribution is 0.0627. The van der Waals surface area contributed by atoms with Crippen LogP contribution in [0.5, 0.6) is 0 Å². The van der Waals surface area contributed by atoms with Gasteiger partial charge in [-0.2, -0.15) is 5.26 Å². The molecule has 1 aliphatic rings. The van der Waals surface area contributed by atoms with Gasteiger partial charge >= 0.3 is 0 Å². The summed E-state index contributed by atoms with van der Waals surface area (Å²) in [6, 6.07) is 11.8.